The maximum absolute atomic E-state index is 11.5. The Kier molecular flexibility index (Phi) is 7.38. The summed E-state index contributed by atoms with van der Waals surface area (Å²) in [5.41, 5.74) is 6.37. The molecule has 2 aliphatic heterocycles. The first-order valence-electron chi connectivity index (χ1n) is 11.7. The van der Waals surface area contributed by atoms with Crippen molar-refractivity contribution in [1.29, 1.82) is 0 Å². The van der Waals surface area contributed by atoms with Crippen LogP contribution in [-0.4, -0.2) is 56.6 Å². The predicted molar refractivity (Wildman–Crippen MR) is 125 cm³/mol. The Hall–Kier alpha value is -1.12. The van der Waals surface area contributed by atoms with Gasteiger partial charge >= 0.3 is 17.1 Å². The third-order valence-electron chi connectivity index (χ3n) is 6.97. The molecule has 2 fully saturated rings. The Morgan fingerprint density at radius 2 is 1.62 bits per heavy atom. The van der Waals surface area contributed by atoms with Crippen LogP contribution >= 0.6 is 0 Å². The number of carbonyl (C=O) groups excluding carboxylic acids is 1. The minimum absolute atomic E-state index is 0.0234. The summed E-state index contributed by atoms with van der Waals surface area (Å²) in [7, 11) is -5.33. The van der Waals surface area contributed by atoms with Crippen LogP contribution in [0.5, 0.6) is 0 Å². The van der Waals surface area contributed by atoms with E-state index in [1.54, 1.807) is 4.68 Å². The highest BCUT2D eigenvalue weighted by Crippen LogP contribution is 2.49. The first-order chi connectivity index (χ1) is 14.9. The number of rotatable bonds is 6. The van der Waals surface area contributed by atoms with E-state index in [0.29, 0.717) is 6.61 Å². The molecule has 32 heavy (non-hydrogen) atoms. The van der Waals surface area contributed by atoms with E-state index in [2.05, 4.69) is 72.4 Å². The van der Waals surface area contributed by atoms with Crippen molar-refractivity contribution >= 4 is 23.0 Å². The maximum Gasteiger partial charge on any atom is 0.335 e. The van der Waals surface area contributed by atoms with Gasteiger partial charge in [0.15, 0.2) is 6.23 Å². The van der Waals surface area contributed by atoms with E-state index < -0.39 is 29.3 Å². The summed E-state index contributed by atoms with van der Waals surface area (Å²) in [5, 5.41) is 4.24. The second-order valence-electron chi connectivity index (χ2n) is 10.4. The monoisotopic (exact) mass is 484 g/mol. The molecular formula is C21H40N4O5Si2. The lowest BCUT2D eigenvalue weighted by Crippen LogP contribution is -2.65. The Bertz CT molecular complexity index is 800. The fraction of sp³-hybridized carbons (Fsp3) is 0.857. The number of hydrogen-bond donors (Lipinski definition) is 1. The van der Waals surface area contributed by atoms with E-state index in [1.165, 1.54) is 6.33 Å². The minimum atomic E-state index is -2.71. The summed E-state index contributed by atoms with van der Waals surface area (Å²) >= 11 is 0. The third kappa shape index (κ3) is 4.23. The molecule has 3 rings (SSSR count). The number of amides is 1. The molecule has 2 aliphatic rings. The molecule has 1 aromatic heterocycles. The van der Waals surface area contributed by atoms with E-state index in [9.17, 15) is 4.79 Å². The second kappa shape index (κ2) is 9.26. The smallest absolute Gasteiger partial charge is 0.335 e. The Labute approximate surface area is 193 Å². The van der Waals surface area contributed by atoms with Crippen molar-refractivity contribution in [3.05, 3.63) is 12.2 Å². The van der Waals surface area contributed by atoms with Crippen LogP contribution in [0.4, 0.5) is 0 Å². The Morgan fingerprint density at radius 3 is 2.09 bits per heavy atom. The minimum Gasteiger partial charge on any atom is -0.414 e. The van der Waals surface area contributed by atoms with Gasteiger partial charge in [0.2, 0.25) is 5.82 Å². The van der Waals surface area contributed by atoms with Crippen molar-refractivity contribution in [3.8, 4) is 0 Å². The van der Waals surface area contributed by atoms with Crippen LogP contribution in [0, 0.1) is 5.92 Å². The Morgan fingerprint density at radius 1 is 1.06 bits per heavy atom. The van der Waals surface area contributed by atoms with Crippen molar-refractivity contribution in [2.24, 2.45) is 11.7 Å². The van der Waals surface area contributed by atoms with Gasteiger partial charge in [0.25, 0.3) is 5.91 Å². The molecule has 0 radical (unpaired) electrons. The average molecular weight is 485 g/mol. The van der Waals surface area contributed by atoms with Gasteiger partial charge in [0.05, 0.1) is 12.7 Å². The second-order valence-corrected chi connectivity index (χ2v) is 19.2. The molecule has 0 aliphatic carbocycles. The number of nitrogens with zero attached hydrogens (tertiary/aromatic N) is 3. The lowest BCUT2D eigenvalue weighted by Gasteiger charge is -2.51. The first kappa shape index (κ1) is 25.5. The van der Waals surface area contributed by atoms with Crippen LogP contribution in [0.3, 0.4) is 0 Å². The van der Waals surface area contributed by atoms with Gasteiger partial charge in [-0.25, -0.2) is 9.67 Å². The molecule has 0 bridgehead atoms. The molecule has 182 valence electrons. The summed E-state index contributed by atoms with van der Waals surface area (Å²) in [5.74, 6) is -0.722. The zero-order valence-electron chi connectivity index (χ0n) is 20.9. The largest absolute Gasteiger partial charge is 0.414 e. The van der Waals surface area contributed by atoms with Gasteiger partial charge in [-0.05, 0) is 22.2 Å². The zero-order chi connectivity index (χ0) is 24.0. The van der Waals surface area contributed by atoms with Crippen molar-refractivity contribution in [2.45, 2.75) is 103 Å². The maximum atomic E-state index is 11.5. The topological polar surface area (TPSA) is 111 Å². The SMILES string of the molecule is CC(C)[Si]1(C(C)C)OCC2OC(n3cnc(C(N)=O)n3)[C@H](C)[C@@H]2O[Si](C(C)C)(C(C)C)O1. The Balaban J connectivity index is 2.03. The summed E-state index contributed by atoms with van der Waals surface area (Å²) in [4.78, 5) is 15.5. The quantitative estimate of drug-likeness (QED) is 0.610. The highest BCUT2D eigenvalue weighted by molar-refractivity contribution is 6.83. The molecule has 0 aromatic carbocycles. The summed E-state index contributed by atoms with van der Waals surface area (Å²) < 4.78 is 29.1. The molecule has 2 saturated heterocycles. The number of nitrogens with two attached hydrogens (primary N) is 1. The summed E-state index contributed by atoms with van der Waals surface area (Å²) in [6.45, 7) is 20.1. The highest BCUT2D eigenvalue weighted by atomic mass is 28.5. The van der Waals surface area contributed by atoms with Crippen molar-refractivity contribution in [1.82, 2.24) is 14.8 Å². The lowest BCUT2D eigenvalue weighted by atomic mass is 10.0. The number of carbonyl (C=O) groups is 1. The highest BCUT2D eigenvalue weighted by Gasteiger charge is 2.61. The lowest BCUT2D eigenvalue weighted by molar-refractivity contribution is -0.0595. The first-order valence-corrected chi connectivity index (χ1v) is 15.7. The fourth-order valence-electron chi connectivity index (χ4n) is 5.15. The molecule has 4 atom stereocenters. The molecule has 9 nitrogen and oxygen atoms in total. The summed E-state index contributed by atoms with van der Waals surface area (Å²) in [6, 6.07) is 0. The van der Waals surface area contributed by atoms with Crippen LogP contribution in [0.1, 0.15) is 79.2 Å². The number of primary amides is 1. The van der Waals surface area contributed by atoms with Crippen molar-refractivity contribution in [2.75, 3.05) is 6.61 Å². The molecule has 0 saturated carbocycles. The standard InChI is InChI=1S/C21H40N4O5Si2/c1-12(2)31(13(3)4)27-10-17-18(29-32(30-31,14(5)6)15(7)8)16(9)21(28-17)25-11-23-20(24-25)19(22)26/h11-18,21H,10H2,1-9H3,(H2,22,26)/t16-,17?,18+,21?/m1/s1. The van der Waals surface area contributed by atoms with Crippen LogP contribution in [0.15, 0.2) is 6.33 Å². The van der Waals surface area contributed by atoms with Gasteiger partial charge in [0.1, 0.15) is 12.4 Å². The number of fused-ring (bicyclic) bond motifs is 1. The van der Waals surface area contributed by atoms with E-state index in [1.807, 2.05) is 0 Å². The van der Waals surface area contributed by atoms with Crippen LogP contribution in [0.2, 0.25) is 22.2 Å². The van der Waals surface area contributed by atoms with Gasteiger partial charge in [-0.3, -0.25) is 4.79 Å². The molecule has 0 spiro atoms. The van der Waals surface area contributed by atoms with Gasteiger partial charge in [-0.15, -0.1) is 5.10 Å². The van der Waals surface area contributed by atoms with Crippen LogP contribution in [-0.2, 0) is 17.7 Å². The van der Waals surface area contributed by atoms with Crippen LogP contribution < -0.4 is 5.73 Å². The zero-order valence-corrected chi connectivity index (χ0v) is 22.9. The molecule has 1 amide bonds. The third-order valence-corrected chi connectivity index (χ3v) is 17.2. The van der Waals surface area contributed by atoms with E-state index in [0.717, 1.165) is 0 Å². The van der Waals surface area contributed by atoms with Crippen molar-refractivity contribution in [3.63, 3.8) is 0 Å². The number of ether oxygens (including phenoxy) is 1. The normalized spacial score (nSPS) is 30.0. The van der Waals surface area contributed by atoms with Gasteiger partial charge in [0, 0.05) is 5.92 Å². The molecule has 11 heteroatoms. The van der Waals surface area contributed by atoms with Crippen molar-refractivity contribution < 1.29 is 22.5 Å². The fourth-order valence-corrected chi connectivity index (χ4v) is 16.4. The predicted octanol–water partition coefficient (Wildman–Crippen LogP) is 3.87. The van der Waals surface area contributed by atoms with E-state index in [4.69, 9.17) is 23.4 Å². The van der Waals surface area contributed by atoms with Gasteiger partial charge in [-0.1, -0.05) is 62.3 Å². The summed E-state index contributed by atoms with van der Waals surface area (Å²) in [6.07, 6.45) is 0.611. The number of hydrogen-bond acceptors (Lipinski definition) is 7. The van der Waals surface area contributed by atoms with Gasteiger partial charge < -0.3 is 23.4 Å². The van der Waals surface area contributed by atoms with Gasteiger partial charge in [-0.2, -0.15) is 0 Å². The molecular weight excluding hydrogens is 444 g/mol. The molecule has 2 N–H and O–H groups in total. The van der Waals surface area contributed by atoms with E-state index in [-0.39, 0.29) is 46.1 Å². The number of aromatic nitrogens is 3. The molecule has 1 aromatic rings. The van der Waals surface area contributed by atoms with E-state index >= 15 is 0 Å². The van der Waals surface area contributed by atoms with Crippen LogP contribution in [0.25, 0.3) is 0 Å². The average Bonchev–Trinajstić information content (AvgIpc) is 3.27. The molecule has 2 unspecified atom stereocenters. The molecule has 3 heterocycles.